The van der Waals surface area contributed by atoms with Gasteiger partial charge in [0, 0.05) is 32.5 Å². The summed E-state index contributed by atoms with van der Waals surface area (Å²) in [6.45, 7) is 7.56. The van der Waals surface area contributed by atoms with Gasteiger partial charge in [-0.05, 0) is 19.3 Å². The fourth-order valence-corrected chi connectivity index (χ4v) is 7.83. The van der Waals surface area contributed by atoms with Crippen molar-refractivity contribution in [2.45, 2.75) is 284 Å². The molecule has 0 aromatic carbocycles. The average molecular weight is 819 g/mol. The molecule has 0 atom stereocenters. The smallest absolute Gasteiger partial charge is 0.287 e. The number of carbonyl (C=O) groups is 4. The minimum atomic E-state index is -0.581. The molecule has 0 rings (SSSR count). The SMILES string of the molecule is CCCCCCCCCCCCCCCCOC(CNC(=O)C(=O)CCCCCCCCCCCCCC)CNC(=O)C(=O)CCCCCCCCCCCCCC. The molecular formula is C51H98N2O5. The topological polar surface area (TPSA) is 102 Å². The molecule has 0 fully saturated rings. The Bertz CT molecular complexity index is 869. The van der Waals surface area contributed by atoms with Crippen LogP contribution in [0, 0.1) is 0 Å². The highest BCUT2D eigenvalue weighted by Gasteiger charge is 2.19. The molecule has 0 aliphatic rings. The van der Waals surface area contributed by atoms with Crippen molar-refractivity contribution in [2.24, 2.45) is 0 Å². The van der Waals surface area contributed by atoms with Crippen molar-refractivity contribution in [1.29, 1.82) is 0 Å². The van der Waals surface area contributed by atoms with E-state index in [4.69, 9.17) is 4.74 Å². The highest BCUT2D eigenvalue weighted by atomic mass is 16.5. The minimum absolute atomic E-state index is 0.134. The van der Waals surface area contributed by atoms with Crippen LogP contribution in [0.25, 0.3) is 0 Å². The molecule has 0 heterocycles. The van der Waals surface area contributed by atoms with Crippen molar-refractivity contribution >= 4 is 23.4 Å². The third-order valence-corrected chi connectivity index (χ3v) is 11.9. The predicted molar refractivity (Wildman–Crippen MR) is 247 cm³/mol. The highest BCUT2D eigenvalue weighted by molar-refractivity contribution is 6.36. The lowest BCUT2D eigenvalue weighted by atomic mass is 10.0. The van der Waals surface area contributed by atoms with Crippen LogP contribution in [-0.2, 0) is 23.9 Å². The Labute approximate surface area is 360 Å². The Morgan fingerprint density at radius 1 is 0.328 bits per heavy atom. The van der Waals surface area contributed by atoms with Crippen molar-refractivity contribution in [3.63, 3.8) is 0 Å². The van der Waals surface area contributed by atoms with E-state index in [0.717, 1.165) is 51.4 Å². The average Bonchev–Trinajstić information content (AvgIpc) is 3.23. The third kappa shape index (κ3) is 41.0. The van der Waals surface area contributed by atoms with Crippen molar-refractivity contribution in [2.75, 3.05) is 19.7 Å². The molecule has 7 nitrogen and oxygen atoms in total. The van der Waals surface area contributed by atoms with Gasteiger partial charge in [-0.15, -0.1) is 0 Å². The first-order valence-corrected chi connectivity index (χ1v) is 25.7. The van der Waals surface area contributed by atoms with Crippen molar-refractivity contribution in [1.82, 2.24) is 10.6 Å². The van der Waals surface area contributed by atoms with E-state index >= 15 is 0 Å². The van der Waals surface area contributed by atoms with Gasteiger partial charge in [0.25, 0.3) is 11.8 Å². The van der Waals surface area contributed by atoms with E-state index in [1.807, 2.05) is 0 Å². The molecule has 0 saturated heterocycles. The Kier molecular flexibility index (Phi) is 44.9. The fraction of sp³-hybridized carbons (Fsp3) is 0.922. The number of ketones is 2. The second-order valence-electron chi connectivity index (χ2n) is 17.6. The molecule has 0 aliphatic heterocycles. The van der Waals surface area contributed by atoms with Gasteiger partial charge < -0.3 is 15.4 Å². The maximum atomic E-state index is 12.7. The molecule has 342 valence electrons. The van der Waals surface area contributed by atoms with E-state index in [1.54, 1.807) is 0 Å². The fourth-order valence-electron chi connectivity index (χ4n) is 7.83. The zero-order chi connectivity index (χ0) is 42.4. The van der Waals surface area contributed by atoms with E-state index in [0.29, 0.717) is 6.61 Å². The minimum Gasteiger partial charge on any atom is -0.375 e. The van der Waals surface area contributed by atoms with Gasteiger partial charge in [-0.25, -0.2) is 0 Å². The van der Waals surface area contributed by atoms with Gasteiger partial charge in [-0.1, -0.05) is 245 Å². The van der Waals surface area contributed by atoms with Gasteiger partial charge in [0.2, 0.25) is 11.6 Å². The summed E-state index contributed by atoms with van der Waals surface area (Å²) < 4.78 is 6.11. The second kappa shape index (κ2) is 46.3. The molecule has 0 bridgehead atoms. The number of nitrogens with one attached hydrogen (secondary N) is 2. The standard InChI is InChI=1S/C51H98N2O5/c1-4-7-10-13-16-19-22-25-26-29-32-35-38-41-44-58-47(45-52-50(56)48(54)42-39-36-33-30-27-23-20-17-14-11-8-5-2)46-53-51(57)49(55)43-40-37-34-31-28-24-21-18-15-12-9-6-3/h47H,4-46H2,1-3H3,(H,52,56)(H,53,57). The quantitative estimate of drug-likeness (QED) is 0.0470. The van der Waals surface area contributed by atoms with Crippen molar-refractivity contribution in [3.8, 4) is 0 Å². The van der Waals surface area contributed by atoms with E-state index in [1.165, 1.54) is 193 Å². The number of unbranched alkanes of at least 4 members (excludes halogenated alkanes) is 35. The van der Waals surface area contributed by atoms with Gasteiger partial charge >= 0.3 is 0 Å². The zero-order valence-electron chi connectivity index (χ0n) is 39.0. The van der Waals surface area contributed by atoms with Crippen LogP contribution in [0.1, 0.15) is 278 Å². The van der Waals surface area contributed by atoms with Gasteiger partial charge in [0.05, 0.1) is 6.10 Å². The van der Waals surface area contributed by atoms with E-state index < -0.39 is 17.9 Å². The molecule has 0 saturated carbocycles. The van der Waals surface area contributed by atoms with Crippen LogP contribution in [0.5, 0.6) is 0 Å². The van der Waals surface area contributed by atoms with E-state index in [-0.39, 0.29) is 37.5 Å². The number of hydrogen-bond acceptors (Lipinski definition) is 5. The number of hydrogen-bond donors (Lipinski definition) is 2. The van der Waals surface area contributed by atoms with Crippen LogP contribution in [-0.4, -0.2) is 49.2 Å². The molecule has 58 heavy (non-hydrogen) atoms. The van der Waals surface area contributed by atoms with Crippen LogP contribution in [0.15, 0.2) is 0 Å². The Balaban J connectivity index is 4.41. The summed E-state index contributed by atoms with van der Waals surface area (Å²) in [5, 5.41) is 5.52. The molecule has 0 spiro atoms. The summed E-state index contributed by atoms with van der Waals surface area (Å²) in [5.74, 6) is -1.94. The lowest BCUT2D eigenvalue weighted by Crippen LogP contribution is -2.44. The first-order chi connectivity index (χ1) is 28.5. The van der Waals surface area contributed by atoms with Gasteiger partial charge in [0.15, 0.2) is 0 Å². The highest BCUT2D eigenvalue weighted by Crippen LogP contribution is 2.15. The second-order valence-corrected chi connectivity index (χ2v) is 17.6. The van der Waals surface area contributed by atoms with E-state index in [2.05, 4.69) is 31.4 Å². The number of Topliss-reactive ketones (excluding diaryl/α,β-unsaturated/α-hetero) is 2. The number of ether oxygens (including phenoxy) is 1. The number of rotatable bonds is 48. The third-order valence-electron chi connectivity index (χ3n) is 11.9. The largest absolute Gasteiger partial charge is 0.375 e. The number of amides is 2. The molecule has 2 N–H and O–H groups in total. The summed E-state index contributed by atoms with van der Waals surface area (Å²) in [6, 6.07) is 0. The molecule has 0 aliphatic carbocycles. The van der Waals surface area contributed by atoms with E-state index in [9.17, 15) is 19.2 Å². The first-order valence-electron chi connectivity index (χ1n) is 25.7. The summed E-state index contributed by atoms with van der Waals surface area (Å²) in [6.07, 6.45) is 47.2. The molecule has 0 radical (unpaired) electrons. The molecule has 7 heteroatoms. The van der Waals surface area contributed by atoms with Crippen LogP contribution in [0.3, 0.4) is 0 Å². The molecule has 2 amide bonds. The number of carbonyl (C=O) groups excluding carboxylic acids is 4. The predicted octanol–water partition coefficient (Wildman–Crippen LogP) is 14.4. The lowest BCUT2D eigenvalue weighted by molar-refractivity contribution is -0.139. The normalized spacial score (nSPS) is 11.4. The maximum Gasteiger partial charge on any atom is 0.287 e. The van der Waals surface area contributed by atoms with Crippen LogP contribution >= 0.6 is 0 Å². The summed E-state index contributed by atoms with van der Waals surface area (Å²) in [4.78, 5) is 50.5. The Hall–Kier alpha value is -1.76. The first kappa shape index (κ1) is 56.2. The van der Waals surface area contributed by atoms with Gasteiger partial charge in [0.1, 0.15) is 0 Å². The lowest BCUT2D eigenvalue weighted by Gasteiger charge is -2.19. The summed E-state index contributed by atoms with van der Waals surface area (Å²) >= 11 is 0. The monoisotopic (exact) mass is 819 g/mol. The Morgan fingerprint density at radius 2 is 0.552 bits per heavy atom. The van der Waals surface area contributed by atoms with Crippen molar-refractivity contribution in [3.05, 3.63) is 0 Å². The molecule has 0 unspecified atom stereocenters. The molecule has 0 aromatic heterocycles. The Morgan fingerprint density at radius 3 is 0.810 bits per heavy atom. The van der Waals surface area contributed by atoms with Crippen LogP contribution in [0.2, 0.25) is 0 Å². The summed E-state index contributed by atoms with van der Waals surface area (Å²) in [5.41, 5.74) is 0. The van der Waals surface area contributed by atoms with Crippen LogP contribution in [0.4, 0.5) is 0 Å². The molecular weight excluding hydrogens is 721 g/mol. The van der Waals surface area contributed by atoms with Gasteiger partial charge in [-0.3, -0.25) is 19.2 Å². The summed E-state index contributed by atoms with van der Waals surface area (Å²) in [7, 11) is 0. The maximum absolute atomic E-state index is 12.7. The van der Waals surface area contributed by atoms with Crippen molar-refractivity contribution < 1.29 is 23.9 Å². The van der Waals surface area contributed by atoms with Crippen LogP contribution < -0.4 is 10.6 Å². The molecule has 0 aromatic rings. The van der Waals surface area contributed by atoms with Gasteiger partial charge in [-0.2, -0.15) is 0 Å². The zero-order valence-corrected chi connectivity index (χ0v) is 39.0.